The molecule has 0 radical (unpaired) electrons. The predicted molar refractivity (Wildman–Crippen MR) is 90.6 cm³/mol. The number of likely N-dealkylation sites (tertiary alicyclic amines) is 1. The molecule has 1 aromatic heterocycles. The Balaban J connectivity index is 1.66. The van der Waals surface area contributed by atoms with Crippen LogP contribution in [-0.2, 0) is 11.3 Å². The molecule has 0 bridgehead atoms. The zero-order chi connectivity index (χ0) is 17.8. The first kappa shape index (κ1) is 17.5. The van der Waals surface area contributed by atoms with Crippen LogP contribution in [0.15, 0.2) is 42.7 Å². The van der Waals surface area contributed by atoms with Crippen molar-refractivity contribution in [2.24, 2.45) is 0 Å². The molecule has 0 unspecified atom stereocenters. The van der Waals surface area contributed by atoms with Gasteiger partial charge >= 0.3 is 0 Å². The minimum atomic E-state index is -0.619. The molecule has 3 rings (SSSR count). The standard InChI is InChI=1S/C19H21F2N3O/c1-13(14-4-2-8-22-11-14)23-18-5-3-9-24(19(18)25)12-15-6-7-16(20)10-17(15)21/h2,4,6-8,10-11,13,18,23H,3,5,9,12H2,1H3/t13-,18+/m1/s1. The fourth-order valence-electron chi connectivity index (χ4n) is 3.14. The van der Waals surface area contributed by atoms with Crippen LogP contribution in [0.4, 0.5) is 8.78 Å². The van der Waals surface area contributed by atoms with E-state index in [2.05, 4.69) is 10.3 Å². The van der Waals surface area contributed by atoms with Gasteiger partial charge in [-0.05, 0) is 37.5 Å². The number of nitrogens with zero attached hydrogens (tertiary/aromatic N) is 2. The van der Waals surface area contributed by atoms with Crippen molar-refractivity contribution >= 4 is 5.91 Å². The molecule has 1 saturated heterocycles. The number of hydrogen-bond donors (Lipinski definition) is 1. The molecular weight excluding hydrogens is 324 g/mol. The lowest BCUT2D eigenvalue weighted by Gasteiger charge is -2.34. The summed E-state index contributed by atoms with van der Waals surface area (Å²) in [6, 6.07) is 6.96. The van der Waals surface area contributed by atoms with E-state index < -0.39 is 11.6 Å². The van der Waals surface area contributed by atoms with Crippen molar-refractivity contribution in [3.63, 3.8) is 0 Å². The SMILES string of the molecule is C[C@@H](N[C@H]1CCCN(Cc2ccc(F)cc2F)C1=O)c1cccnc1. The van der Waals surface area contributed by atoms with Crippen LogP contribution in [0.3, 0.4) is 0 Å². The normalized spacial score (nSPS) is 19.1. The number of halogens is 2. The summed E-state index contributed by atoms with van der Waals surface area (Å²) in [5.74, 6) is -1.28. The van der Waals surface area contributed by atoms with Crippen LogP contribution < -0.4 is 5.32 Å². The number of carbonyl (C=O) groups excluding carboxylic acids is 1. The Morgan fingerprint density at radius 3 is 2.92 bits per heavy atom. The van der Waals surface area contributed by atoms with Crippen LogP contribution in [0.5, 0.6) is 0 Å². The lowest BCUT2D eigenvalue weighted by atomic mass is 10.0. The van der Waals surface area contributed by atoms with Gasteiger partial charge in [-0.15, -0.1) is 0 Å². The average molecular weight is 345 g/mol. The Labute approximate surface area is 145 Å². The highest BCUT2D eigenvalue weighted by Crippen LogP contribution is 2.20. The first-order valence-electron chi connectivity index (χ1n) is 8.43. The van der Waals surface area contributed by atoms with Crippen molar-refractivity contribution in [2.45, 2.75) is 38.4 Å². The molecule has 4 nitrogen and oxygen atoms in total. The molecule has 1 aliphatic heterocycles. The second kappa shape index (κ2) is 7.70. The number of pyridine rings is 1. The highest BCUT2D eigenvalue weighted by atomic mass is 19.1. The van der Waals surface area contributed by atoms with E-state index in [1.807, 2.05) is 19.1 Å². The summed E-state index contributed by atoms with van der Waals surface area (Å²) in [5.41, 5.74) is 1.34. The molecule has 0 spiro atoms. The van der Waals surface area contributed by atoms with E-state index >= 15 is 0 Å². The van der Waals surface area contributed by atoms with E-state index in [9.17, 15) is 13.6 Å². The van der Waals surface area contributed by atoms with E-state index in [0.717, 1.165) is 24.5 Å². The van der Waals surface area contributed by atoms with E-state index in [-0.39, 0.29) is 24.5 Å². The van der Waals surface area contributed by atoms with Crippen LogP contribution in [0.25, 0.3) is 0 Å². The van der Waals surface area contributed by atoms with Gasteiger partial charge in [-0.3, -0.25) is 15.1 Å². The first-order valence-corrected chi connectivity index (χ1v) is 8.43. The lowest BCUT2D eigenvalue weighted by Crippen LogP contribution is -2.50. The first-order chi connectivity index (χ1) is 12.0. The van der Waals surface area contributed by atoms with Crippen molar-refractivity contribution in [3.8, 4) is 0 Å². The number of hydrogen-bond acceptors (Lipinski definition) is 3. The van der Waals surface area contributed by atoms with Gasteiger partial charge in [-0.2, -0.15) is 0 Å². The largest absolute Gasteiger partial charge is 0.337 e. The van der Waals surface area contributed by atoms with Crippen LogP contribution >= 0.6 is 0 Å². The van der Waals surface area contributed by atoms with Crippen molar-refractivity contribution < 1.29 is 13.6 Å². The Bertz CT molecular complexity index is 739. The van der Waals surface area contributed by atoms with Gasteiger partial charge in [-0.25, -0.2) is 8.78 Å². The summed E-state index contributed by atoms with van der Waals surface area (Å²) in [4.78, 5) is 18.5. The number of rotatable bonds is 5. The minimum absolute atomic E-state index is 0.00911. The van der Waals surface area contributed by atoms with E-state index in [0.29, 0.717) is 12.1 Å². The molecule has 2 aromatic rings. The highest BCUT2D eigenvalue weighted by molar-refractivity contribution is 5.82. The average Bonchev–Trinajstić information content (AvgIpc) is 2.61. The summed E-state index contributed by atoms with van der Waals surface area (Å²) < 4.78 is 26.9. The van der Waals surface area contributed by atoms with Crippen molar-refractivity contribution in [2.75, 3.05) is 6.54 Å². The molecule has 1 fully saturated rings. The molecule has 132 valence electrons. The molecule has 1 aliphatic rings. The second-order valence-corrected chi connectivity index (χ2v) is 6.37. The van der Waals surface area contributed by atoms with E-state index in [4.69, 9.17) is 0 Å². The summed E-state index contributed by atoms with van der Waals surface area (Å²) in [5, 5.41) is 3.34. The van der Waals surface area contributed by atoms with Crippen molar-refractivity contribution in [3.05, 3.63) is 65.5 Å². The Morgan fingerprint density at radius 2 is 2.20 bits per heavy atom. The molecule has 25 heavy (non-hydrogen) atoms. The fourth-order valence-corrected chi connectivity index (χ4v) is 3.14. The topological polar surface area (TPSA) is 45.2 Å². The maximum Gasteiger partial charge on any atom is 0.240 e. The Kier molecular flexibility index (Phi) is 5.38. The van der Waals surface area contributed by atoms with Crippen LogP contribution in [0.2, 0.25) is 0 Å². The zero-order valence-corrected chi connectivity index (χ0v) is 14.1. The second-order valence-electron chi connectivity index (χ2n) is 6.37. The van der Waals surface area contributed by atoms with Gasteiger partial charge in [0.25, 0.3) is 0 Å². The van der Waals surface area contributed by atoms with Crippen molar-refractivity contribution in [1.82, 2.24) is 15.2 Å². The monoisotopic (exact) mass is 345 g/mol. The summed E-state index contributed by atoms with van der Waals surface area (Å²) >= 11 is 0. The molecule has 1 amide bonds. The molecule has 6 heteroatoms. The molecule has 0 aliphatic carbocycles. The maximum absolute atomic E-state index is 13.9. The maximum atomic E-state index is 13.9. The number of amides is 1. The number of piperidine rings is 1. The van der Waals surface area contributed by atoms with Gasteiger partial charge in [0.15, 0.2) is 0 Å². The van der Waals surface area contributed by atoms with Gasteiger partial charge in [-0.1, -0.05) is 12.1 Å². The number of benzene rings is 1. The van der Waals surface area contributed by atoms with Gasteiger partial charge < -0.3 is 4.90 Å². The Hall–Kier alpha value is -2.34. The molecular formula is C19H21F2N3O. The third-order valence-electron chi connectivity index (χ3n) is 4.54. The van der Waals surface area contributed by atoms with Gasteiger partial charge in [0.2, 0.25) is 5.91 Å². The smallest absolute Gasteiger partial charge is 0.240 e. The van der Waals surface area contributed by atoms with E-state index in [1.54, 1.807) is 17.3 Å². The molecule has 1 aromatic carbocycles. The van der Waals surface area contributed by atoms with Gasteiger partial charge in [0.1, 0.15) is 11.6 Å². The third kappa shape index (κ3) is 4.20. The molecule has 0 saturated carbocycles. The molecule has 2 heterocycles. The number of aromatic nitrogens is 1. The van der Waals surface area contributed by atoms with Crippen LogP contribution in [0.1, 0.15) is 36.9 Å². The Morgan fingerprint density at radius 1 is 1.36 bits per heavy atom. The van der Waals surface area contributed by atoms with Crippen LogP contribution in [0, 0.1) is 11.6 Å². The predicted octanol–water partition coefficient (Wildman–Crippen LogP) is 3.20. The van der Waals surface area contributed by atoms with Gasteiger partial charge in [0.05, 0.1) is 6.04 Å². The zero-order valence-electron chi connectivity index (χ0n) is 14.1. The molecule has 2 atom stereocenters. The number of nitrogens with one attached hydrogen (secondary N) is 1. The molecule has 1 N–H and O–H groups in total. The third-order valence-corrected chi connectivity index (χ3v) is 4.54. The van der Waals surface area contributed by atoms with Crippen LogP contribution in [-0.4, -0.2) is 28.4 Å². The highest BCUT2D eigenvalue weighted by Gasteiger charge is 2.30. The summed E-state index contributed by atoms with van der Waals surface area (Å²) in [7, 11) is 0. The van der Waals surface area contributed by atoms with Gasteiger partial charge in [0, 0.05) is 43.2 Å². The number of carbonyl (C=O) groups is 1. The minimum Gasteiger partial charge on any atom is -0.337 e. The fraction of sp³-hybridized carbons (Fsp3) is 0.368. The lowest BCUT2D eigenvalue weighted by molar-refractivity contribution is -0.136. The summed E-state index contributed by atoms with van der Waals surface area (Å²) in [6.45, 7) is 2.72. The quantitative estimate of drug-likeness (QED) is 0.905. The van der Waals surface area contributed by atoms with Crippen molar-refractivity contribution in [1.29, 1.82) is 0 Å². The van der Waals surface area contributed by atoms with E-state index in [1.165, 1.54) is 12.1 Å². The summed E-state index contributed by atoms with van der Waals surface area (Å²) in [6.07, 6.45) is 5.06.